The monoisotopic (exact) mass is 303 g/mol. The zero-order valence-corrected chi connectivity index (χ0v) is 14.1. The Kier molecular flexibility index (Phi) is 6.20. The molecule has 0 radical (unpaired) electrons. The Morgan fingerprint density at radius 1 is 1.25 bits per heavy atom. The van der Waals surface area contributed by atoms with E-state index in [1.807, 2.05) is 14.1 Å². The second-order valence-electron chi connectivity index (χ2n) is 6.37. The molecular formula is C15H29NO3S. The highest BCUT2D eigenvalue weighted by atomic mass is 32.2. The zero-order valence-electron chi connectivity index (χ0n) is 13.3. The van der Waals surface area contributed by atoms with Gasteiger partial charge in [0.15, 0.2) is 5.78 Å². The molecule has 1 aliphatic carbocycles. The average molecular weight is 303 g/mol. The number of sulfone groups is 1. The van der Waals surface area contributed by atoms with Crippen LogP contribution in [0.5, 0.6) is 0 Å². The van der Waals surface area contributed by atoms with Crippen molar-refractivity contribution in [1.29, 1.82) is 0 Å². The van der Waals surface area contributed by atoms with Crippen molar-refractivity contribution in [3.8, 4) is 0 Å². The number of ketones is 1. The number of rotatable bonds is 7. The highest BCUT2D eigenvalue weighted by Crippen LogP contribution is 2.36. The molecule has 4 nitrogen and oxygen atoms in total. The first-order chi connectivity index (χ1) is 9.23. The first-order valence-electron chi connectivity index (χ1n) is 7.64. The Morgan fingerprint density at radius 2 is 1.80 bits per heavy atom. The van der Waals surface area contributed by atoms with Gasteiger partial charge in [0.2, 0.25) is 0 Å². The summed E-state index contributed by atoms with van der Waals surface area (Å²) in [5, 5.41) is 0. The summed E-state index contributed by atoms with van der Waals surface area (Å²) in [5.74, 6) is 1.21. The second kappa shape index (κ2) is 7.03. The maximum atomic E-state index is 12.6. The summed E-state index contributed by atoms with van der Waals surface area (Å²) in [6.07, 6.45) is 4.81. The molecule has 0 aromatic rings. The van der Waals surface area contributed by atoms with E-state index in [2.05, 4.69) is 11.8 Å². The first kappa shape index (κ1) is 17.6. The van der Waals surface area contributed by atoms with Gasteiger partial charge in [-0.3, -0.25) is 9.69 Å². The van der Waals surface area contributed by atoms with Crippen LogP contribution in [-0.2, 0) is 14.6 Å². The number of carbonyl (C=O) groups excluding carboxylic acids is 1. The summed E-state index contributed by atoms with van der Waals surface area (Å²) in [5.41, 5.74) is -0.359. The number of hydrogen-bond acceptors (Lipinski definition) is 4. The van der Waals surface area contributed by atoms with Gasteiger partial charge in [0.05, 0.1) is 11.3 Å². The van der Waals surface area contributed by atoms with Crippen molar-refractivity contribution >= 4 is 15.6 Å². The quantitative estimate of drug-likeness (QED) is 0.724. The third-order valence-electron chi connectivity index (χ3n) is 4.78. The highest BCUT2D eigenvalue weighted by Gasteiger charge is 2.41. The Morgan fingerprint density at radius 3 is 2.25 bits per heavy atom. The number of Topliss-reactive ketones (excluding diaryl/α,β-unsaturated/α-hetero) is 1. The van der Waals surface area contributed by atoms with E-state index < -0.39 is 9.84 Å². The Hall–Kier alpha value is -0.420. The van der Waals surface area contributed by atoms with Gasteiger partial charge in [0, 0.05) is 12.2 Å². The molecular weight excluding hydrogens is 274 g/mol. The van der Waals surface area contributed by atoms with Crippen molar-refractivity contribution in [2.75, 3.05) is 25.6 Å². The van der Waals surface area contributed by atoms with Crippen LogP contribution in [0.1, 0.15) is 52.4 Å². The molecule has 0 saturated heterocycles. The maximum absolute atomic E-state index is 12.6. The molecule has 0 atom stereocenters. The molecule has 0 amide bonds. The van der Waals surface area contributed by atoms with Gasteiger partial charge in [-0.1, -0.05) is 13.8 Å². The minimum Gasteiger partial charge on any atom is -0.298 e. The van der Waals surface area contributed by atoms with Gasteiger partial charge in [-0.2, -0.15) is 0 Å². The summed E-state index contributed by atoms with van der Waals surface area (Å²) < 4.78 is 23.0. The van der Waals surface area contributed by atoms with Crippen LogP contribution in [0.25, 0.3) is 0 Å². The molecule has 5 heteroatoms. The molecule has 0 heterocycles. The van der Waals surface area contributed by atoms with E-state index in [4.69, 9.17) is 0 Å². The van der Waals surface area contributed by atoms with E-state index in [1.165, 1.54) is 0 Å². The van der Waals surface area contributed by atoms with Crippen molar-refractivity contribution in [3.05, 3.63) is 0 Å². The summed E-state index contributed by atoms with van der Waals surface area (Å²) in [6, 6.07) is 0. The van der Waals surface area contributed by atoms with Gasteiger partial charge in [0.25, 0.3) is 0 Å². The minimum atomic E-state index is -2.96. The van der Waals surface area contributed by atoms with E-state index in [0.29, 0.717) is 18.8 Å². The van der Waals surface area contributed by atoms with Crippen LogP contribution in [0.15, 0.2) is 0 Å². The summed E-state index contributed by atoms with van der Waals surface area (Å²) in [7, 11) is 0.977. The lowest BCUT2D eigenvalue weighted by Gasteiger charge is -2.43. The fourth-order valence-corrected chi connectivity index (χ4v) is 3.92. The SMILES string of the molecule is CCS(=O)(=O)CCCC(=O)C1(N(C)C)CCC(C)CC1. The topological polar surface area (TPSA) is 54.5 Å². The number of hydrogen-bond donors (Lipinski definition) is 0. The molecule has 0 aromatic heterocycles. The van der Waals surface area contributed by atoms with Crippen molar-refractivity contribution in [3.63, 3.8) is 0 Å². The van der Waals surface area contributed by atoms with Gasteiger partial charge in [-0.25, -0.2) is 8.42 Å². The van der Waals surface area contributed by atoms with Crippen LogP contribution in [0.2, 0.25) is 0 Å². The number of likely N-dealkylation sites (N-methyl/N-ethyl adjacent to an activating group) is 1. The molecule has 1 fully saturated rings. The minimum absolute atomic E-state index is 0.134. The fourth-order valence-electron chi connectivity index (χ4n) is 3.04. The van der Waals surface area contributed by atoms with Crippen LogP contribution < -0.4 is 0 Å². The van der Waals surface area contributed by atoms with Gasteiger partial charge in [-0.15, -0.1) is 0 Å². The third-order valence-corrected chi connectivity index (χ3v) is 6.57. The molecule has 0 aliphatic heterocycles. The Bertz CT molecular complexity index is 420. The Labute approximate surface area is 123 Å². The Balaban J connectivity index is 2.62. The third kappa shape index (κ3) is 4.29. The van der Waals surface area contributed by atoms with Crippen molar-refractivity contribution < 1.29 is 13.2 Å². The molecule has 20 heavy (non-hydrogen) atoms. The molecule has 0 unspecified atom stereocenters. The van der Waals surface area contributed by atoms with Gasteiger partial charge in [0.1, 0.15) is 9.84 Å². The van der Waals surface area contributed by atoms with Gasteiger partial charge < -0.3 is 0 Å². The maximum Gasteiger partial charge on any atom is 0.153 e. The number of nitrogens with zero attached hydrogens (tertiary/aromatic N) is 1. The first-order valence-corrected chi connectivity index (χ1v) is 9.47. The molecule has 0 bridgehead atoms. The molecule has 118 valence electrons. The summed E-state index contributed by atoms with van der Waals surface area (Å²) in [6.45, 7) is 3.89. The second-order valence-corrected chi connectivity index (χ2v) is 8.84. The average Bonchev–Trinajstić information content (AvgIpc) is 2.39. The van der Waals surface area contributed by atoms with Crippen LogP contribution in [-0.4, -0.2) is 50.2 Å². The standard InChI is InChI=1S/C15H29NO3S/c1-5-20(18,19)12-6-7-14(17)15(16(3)4)10-8-13(2)9-11-15/h13H,5-12H2,1-4H3. The highest BCUT2D eigenvalue weighted by molar-refractivity contribution is 7.91. The van der Waals surface area contributed by atoms with E-state index in [0.717, 1.165) is 25.7 Å². The molecule has 1 saturated carbocycles. The molecule has 0 N–H and O–H groups in total. The normalized spacial score (nSPS) is 27.8. The fraction of sp³-hybridized carbons (Fsp3) is 0.933. The van der Waals surface area contributed by atoms with Gasteiger partial charge >= 0.3 is 0 Å². The van der Waals surface area contributed by atoms with Crippen molar-refractivity contribution in [2.45, 2.75) is 57.9 Å². The van der Waals surface area contributed by atoms with Crippen LogP contribution in [0, 0.1) is 5.92 Å². The van der Waals surface area contributed by atoms with Crippen molar-refractivity contribution in [1.82, 2.24) is 4.90 Å². The van der Waals surface area contributed by atoms with Crippen LogP contribution in [0.3, 0.4) is 0 Å². The lowest BCUT2D eigenvalue weighted by atomic mass is 9.73. The molecule has 0 spiro atoms. The number of carbonyl (C=O) groups is 1. The predicted molar refractivity (Wildman–Crippen MR) is 82.6 cm³/mol. The van der Waals surface area contributed by atoms with E-state index in [1.54, 1.807) is 6.92 Å². The predicted octanol–water partition coefficient (Wildman–Crippen LogP) is 2.28. The summed E-state index contributed by atoms with van der Waals surface area (Å²) >= 11 is 0. The summed E-state index contributed by atoms with van der Waals surface area (Å²) in [4.78, 5) is 14.7. The van der Waals surface area contributed by atoms with Gasteiger partial charge in [-0.05, 0) is 52.1 Å². The lowest BCUT2D eigenvalue weighted by molar-refractivity contribution is -0.132. The smallest absolute Gasteiger partial charge is 0.153 e. The van der Waals surface area contributed by atoms with Crippen LogP contribution in [0.4, 0.5) is 0 Å². The van der Waals surface area contributed by atoms with Crippen molar-refractivity contribution in [2.24, 2.45) is 5.92 Å². The molecule has 1 rings (SSSR count). The molecule has 1 aliphatic rings. The van der Waals surface area contributed by atoms with E-state index >= 15 is 0 Å². The van der Waals surface area contributed by atoms with Crippen LogP contribution >= 0.6 is 0 Å². The molecule has 0 aromatic carbocycles. The van der Waals surface area contributed by atoms with E-state index in [-0.39, 0.29) is 22.8 Å². The zero-order chi connectivity index (χ0) is 15.4. The largest absolute Gasteiger partial charge is 0.298 e. The van der Waals surface area contributed by atoms with E-state index in [9.17, 15) is 13.2 Å². The lowest BCUT2D eigenvalue weighted by Crippen LogP contribution is -2.53.